The Balaban J connectivity index is 1.81. The van der Waals surface area contributed by atoms with Crippen LogP contribution in [0.15, 0.2) is 48.5 Å². The maximum atomic E-state index is 13.7. The third kappa shape index (κ3) is 2.83. The lowest BCUT2D eigenvalue weighted by atomic mass is 10.2. The minimum atomic E-state index is -1.10. The number of carbonyl (C=O) groups excluding carboxylic acids is 2. The summed E-state index contributed by atoms with van der Waals surface area (Å²) in [6.45, 7) is 0. The summed E-state index contributed by atoms with van der Waals surface area (Å²) in [7, 11) is 0. The largest absolute Gasteiger partial charge is 0.478 e. The van der Waals surface area contributed by atoms with Gasteiger partial charge in [0.05, 0.1) is 23.4 Å². The van der Waals surface area contributed by atoms with Gasteiger partial charge >= 0.3 is 5.97 Å². The molecular formula is C17H13FN2O4. The highest BCUT2D eigenvalue weighted by Gasteiger charge is 2.39. The van der Waals surface area contributed by atoms with Crippen LogP contribution in [-0.4, -0.2) is 28.9 Å². The van der Waals surface area contributed by atoms with Crippen LogP contribution in [0.4, 0.5) is 15.8 Å². The van der Waals surface area contributed by atoms with Crippen LogP contribution >= 0.6 is 0 Å². The van der Waals surface area contributed by atoms with E-state index < -0.39 is 29.6 Å². The second kappa shape index (κ2) is 6.11. The summed E-state index contributed by atoms with van der Waals surface area (Å²) in [4.78, 5) is 36.4. The predicted molar refractivity (Wildman–Crippen MR) is 84.3 cm³/mol. The third-order valence-corrected chi connectivity index (χ3v) is 3.72. The van der Waals surface area contributed by atoms with Crippen molar-refractivity contribution in [1.29, 1.82) is 0 Å². The number of para-hydroxylation sites is 1. The van der Waals surface area contributed by atoms with E-state index in [1.165, 1.54) is 42.5 Å². The number of rotatable bonds is 4. The fourth-order valence-corrected chi connectivity index (χ4v) is 2.54. The van der Waals surface area contributed by atoms with Crippen molar-refractivity contribution in [2.24, 2.45) is 0 Å². The SMILES string of the molecule is O=C(O)c1ccc(N2C(=O)C[C@@H](Nc3ccccc3F)C2=O)cc1. The summed E-state index contributed by atoms with van der Waals surface area (Å²) in [5, 5.41) is 11.6. The number of carboxylic acid groups (broad SMARTS) is 1. The molecule has 7 heteroatoms. The molecule has 2 aromatic rings. The van der Waals surface area contributed by atoms with E-state index in [0.29, 0.717) is 0 Å². The molecule has 0 bridgehead atoms. The van der Waals surface area contributed by atoms with Crippen LogP contribution in [0.3, 0.4) is 0 Å². The van der Waals surface area contributed by atoms with Crippen molar-refractivity contribution in [2.45, 2.75) is 12.5 Å². The van der Waals surface area contributed by atoms with Gasteiger partial charge in [-0.25, -0.2) is 14.1 Å². The van der Waals surface area contributed by atoms with E-state index in [0.717, 1.165) is 4.90 Å². The zero-order chi connectivity index (χ0) is 17.3. The minimum Gasteiger partial charge on any atom is -0.478 e. The predicted octanol–water partition coefficient (Wildman–Crippen LogP) is 2.27. The average Bonchev–Trinajstić information content (AvgIpc) is 2.84. The van der Waals surface area contributed by atoms with Gasteiger partial charge in [0, 0.05) is 0 Å². The molecule has 122 valence electrons. The zero-order valence-corrected chi connectivity index (χ0v) is 12.4. The van der Waals surface area contributed by atoms with Crippen LogP contribution in [0.2, 0.25) is 0 Å². The highest BCUT2D eigenvalue weighted by atomic mass is 19.1. The molecule has 1 atom stereocenters. The van der Waals surface area contributed by atoms with Gasteiger partial charge in [-0.3, -0.25) is 9.59 Å². The molecule has 0 aliphatic carbocycles. The first kappa shape index (κ1) is 15.7. The van der Waals surface area contributed by atoms with Gasteiger partial charge in [-0.15, -0.1) is 0 Å². The standard InChI is InChI=1S/C17H13FN2O4/c18-12-3-1-2-4-13(12)19-14-9-15(21)20(16(14)22)11-7-5-10(6-8-11)17(23)24/h1-8,14,19H,9H2,(H,23,24)/t14-/m1/s1. The smallest absolute Gasteiger partial charge is 0.335 e. The lowest BCUT2D eigenvalue weighted by molar-refractivity contribution is -0.121. The third-order valence-electron chi connectivity index (χ3n) is 3.72. The highest BCUT2D eigenvalue weighted by molar-refractivity contribution is 6.23. The van der Waals surface area contributed by atoms with E-state index in [4.69, 9.17) is 5.11 Å². The summed E-state index contributed by atoms with van der Waals surface area (Å²) in [5.74, 6) is -2.55. The number of hydrogen-bond donors (Lipinski definition) is 2. The van der Waals surface area contributed by atoms with Crippen molar-refractivity contribution in [3.05, 3.63) is 59.9 Å². The van der Waals surface area contributed by atoms with Crippen molar-refractivity contribution in [2.75, 3.05) is 10.2 Å². The second-order valence-corrected chi connectivity index (χ2v) is 5.30. The van der Waals surface area contributed by atoms with Crippen LogP contribution in [0.5, 0.6) is 0 Å². The Morgan fingerprint density at radius 1 is 1.12 bits per heavy atom. The Hall–Kier alpha value is -3.22. The monoisotopic (exact) mass is 328 g/mol. The van der Waals surface area contributed by atoms with Gasteiger partial charge in [-0.05, 0) is 36.4 Å². The molecule has 1 fully saturated rings. The molecule has 0 unspecified atom stereocenters. The summed E-state index contributed by atoms with van der Waals surface area (Å²) in [6.07, 6.45) is -0.103. The number of amides is 2. The first-order valence-electron chi connectivity index (χ1n) is 7.18. The molecule has 1 heterocycles. The van der Waals surface area contributed by atoms with Crippen LogP contribution in [-0.2, 0) is 9.59 Å². The number of anilines is 2. The number of imide groups is 1. The van der Waals surface area contributed by atoms with E-state index in [1.807, 2.05) is 0 Å². The molecule has 1 aliphatic heterocycles. The second-order valence-electron chi connectivity index (χ2n) is 5.30. The Kier molecular flexibility index (Phi) is 3.99. The summed E-state index contributed by atoms with van der Waals surface area (Å²) >= 11 is 0. The van der Waals surface area contributed by atoms with E-state index >= 15 is 0 Å². The number of benzene rings is 2. The molecular weight excluding hydrogens is 315 g/mol. The van der Waals surface area contributed by atoms with Gasteiger partial charge in [0.25, 0.3) is 5.91 Å². The molecule has 6 nitrogen and oxygen atoms in total. The summed E-state index contributed by atoms with van der Waals surface area (Å²) in [5.41, 5.74) is 0.485. The summed E-state index contributed by atoms with van der Waals surface area (Å²) < 4.78 is 13.7. The Morgan fingerprint density at radius 2 is 1.79 bits per heavy atom. The molecule has 2 aromatic carbocycles. The van der Waals surface area contributed by atoms with E-state index in [-0.39, 0.29) is 23.4 Å². The minimum absolute atomic E-state index is 0.0545. The van der Waals surface area contributed by atoms with Crippen molar-refractivity contribution in [1.82, 2.24) is 0 Å². The molecule has 0 saturated carbocycles. The number of halogens is 1. The number of nitrogens with one attached hydrogen (secondary N) is 1. The van der Waals surface area contributed by atoms with Crippen LogP contribution < -0.4 is 10.2 Å². The van der Waals surface area contributed by atoms with Crippen molar-refractivity contribution in [3.63, 3.8) is 0 Å². The lowest BCUT2D eigenvalue weighted by Gasteiger charge is -2.16. The normalized spacial score (nSPS) is 17.2. The number of nitrogens with zero attached hydrogens (tertiary/aromatic N) is 1. The van der Waals surface area contributed by atoms with Crippen LogP contribution in [0.25, 0.3) is 0 Å². The fraction of sp³-hybridized carbons (Fsp3) is 0.118. The number of carboxylic acids is 1. The Morgan fingerprint density at radius 3 is 2.42 bits per heavy atom. The average molecular weight is 328 g/mol. The van der Waals surface area contributed by atoms with Crippen LogP contribution in [0.1, 0.15) is 16.8 Å². The molecule has 1 aliphatic rings. The molecule has 2 N–H and O–H groups in total. The quantitative estimate of drug-likeness (QED) is 0.841. The zero-order valence-electron chi connectivity index (χ0n) is 12.4. The molecule has 0 aromatic heterocycles. The molecule has 0 radical (unpaired) electrons. The first-order chi connectivity index (χ1) is 11.5. The van der Waals surface area contributed by atoms with E-state index in [1.54, 1.807) is 6.07 Å². The Bertz CT molecular complexity index is 820. The number of carbonyl (C=O) groups is 3. The van der Waals surface area contributed by atoms with Crippen molar-refractivity contribution in [3.8, 4) is 0 Å². The molecule has 2 amide bonds. The molecule has 1 saturated heterocycles. The topological polar surface area (TPSA) is 86.7 Å². The van der Waals surface area contributed by atoms with Gasteiger partial charge in [-0.2, -0.15) is 0 Å². The first-order valence-corrected chi connectivity index (χ1v) is 7.18. The van der Waals surface area contributed by atoms with E-state index in [2.05, 4.69) is 5.32 Å². The van der Waals surface area contributed by atoms with Gasteiger partial charge in [0.1, 0.15) is 11.9 Å². The maximum Gasteiger partial charge on any atom is 0.335 e. The fourth-order valence-electron chi connectivity index (χ4n) is 2.54. The number of aromatic carboxylic acids is 1. The molecule has 0 spiro atoms. The summed E-state index contributed by atoms with van der Waals surface area (Å²) in [6, 6.07) is 10.4. The number of hydrogen-bond acceptors (Lipinski definition) is 4. The van der Waals surface area contributed by atoms with Gasteiger partial charge < -0.3 is 10.4 Å². The van der Waals surface area contributed by atoms with Crippen molar-refractivity contribution < 1.29 is 23.9 Å². The van der Waals surface area contributed by atoms with Gasteiger partial charge in [0.2, 0.25) is 5.91 Å². The Labute approximate surface area is 136 Å². The van der Waals surface area contributed by atoms with Crippen molar-refractivity contribution >= 4 is 29.2 Å². The van der Waals surface area contributed by atoms with Gasteiger partial charge in [-0.1, -0.05) is 12.1 Å². The molecule has 24 heavy (non-hydrogen) atoms. The van der Waals surface area contributed by atoms with Gasteiger partial charge in [0.15, 0.2) is 0 Å². The highest BCUT2D eigenvalue weighted by Crippen LogP contribution is 2.26. The maximum absolute atomic E-state index is 13.7. The molecule has 3 rings (SSSR count). The lowest BCUT2D eigenvalue weighted by Crippen LogP contribution is -2.35. The van der Waals surface area contributed by atoms with Crippen LogP contribution in [0, 0.1) is 5.82 Å². The van der Waals surface area contributed by atoms with E-state index in [9.17, 15) is 18.8 Å².